The third-order valence-electron chi connectivity index (χ3n) is 4.17. The van der Waals surface area contributed by atoms with Crippen molar-refractivity contribution >= 4 is 34.7 Å². The Balaban J connectivity index is 0.00000208. The minimum Gasteiger partial charge on any atom is -0.310 e. The van der Waals surface area contributed by atoms with Gasteiger partial charge in [0.25, 0.3) is 0 Å². The number of benzene rings is 1. The Bertz CT molecular complexity index is 730. The molecule has 128 valence electrons. The maximum absolute atomic E-state index is 4.36. The second kappa shape index (κ2) is 9.72. The molecule has 0 aliphatic heterocycles. The van der Waals surface area contributed by atoms with Crippen molar-refractivity contribution in [2.24, 2.45) is 0 Å². The first kappa shape index (κ1) is 18.8. The highest BCUT2D eigenvalue weighted by Crippen LogP contribution is 2.15. The van der Waals surface area contributed by atoms with E-state index in [-0.39, 0.29) is 12.4 Å². The molecule has 1 aromatic carbocycles. The SMILES string of the molecule is C[C@H](CCCCc1ccsn1)NCc1ccc2cnccc2c1.Cl. The van der Waals surface area contributed by atoms with Gasteiger partial charge in [-0.05, 0) is 66.9 Å². The van der Waals surface area contributed by atoms with E-state index in [1.54, 1.807) is 11.5 Å². The topological polar surface area (TPSA) is 37.8 Å². The number of halogens is 1. The summed E-state index contributed by atoms with van der Waals surface area (Å²) in [7, 11) is 0. The Hall–Kier alpha value is -1.49. The van der Waals surface area contributed by atoms with Gasteiger partial charge in [0.05, 0.1) is 5.69 Å². The molecule has 0 spiro atoms. The van der Waals surface area contributed by atoms with E-state index in [4.69, 9.17) is 0 Å². The number of aryl methyl sites for hydroxylation is 1. The number of fused-ring (bicyclic) bond motifs is 1. The molecule has 0 saturated heterocycles. The molecule has 1 atom stereocenters. The summed E-state index contributed by atoms with van der Waals surface area (Å²) in [5, 5.41) is 8.14. The fourth-order valence-corrected chi connectivity index (χ4v) is 3.33. The number of nitrogens with one attached hydrogen (secondary N) is 1. The molecule has 0 fully saturated rings. The summed E-state index contributed by atoms with van der Waals surface area (Å²) in [6.07, 6.45) is 8.55. The fraction of sp³-hybridized carbons (Fsp3) is 0.368. The van der Waals surface area contributed by atoms with E-state index in [1.807, 2.05) is 12.4 Å². The van der Waals surface area contributed by atoms with Gasteiger partial charge in [0.2, 0.25) is 0 Å². The smallest absolute Gasteiger partial charge is 0.0542 e. The molecule has 0 aliphatic rings. The van der Waals surface area contributed by atoms with Crippen molar-refractivity contribution in [1.29, 1.82) is 0 Å². The van der Waals surface area contributed by atoms with Gasteiger partial charge in [0, 0.05) is 35.7 Å². The first-order valence-electron chi connectivity index (χ1n) is 8.26. The molecule has 0 aliphatic carbocycles. The van der Waals surface area contributed by atoms with Crippen LogP contribution >= 0.6 is 23.9 Å². The molecule has 3 aromatic rings. The zero-order chi connectivity index (χ0) is 15.9. The Morgan fingerprint density at radius 3 is 2.88 bits per heavy atom. The molecular weight excluding hydrogens is 338 g/mol. The van der Waals surface area contributed by atoms with Gasteiger partial charge in [-0.15, -0.1) is 12.4 Å². The van der Waals surface area contributed by atoms with Crippen LogP contribution in [0.5, 0.6) is 0 Å². The normalized spacial score (nSPS) is 12.0. The molecule has 5 heteroatoms. The lowest BCUT2D eigenvalue weighted by atomic mass is 10.1. The zero-order valence-corrected chi connectivity index (χ0v) is 15.6. The summed E-state index contributed by atoms with van der Waals surface area (Å²) >= 11 is 1.54. The van der Waals surface area contributed by atoms with E-state index in [0.717, 1.165) is 13.0 Å². The van der Waals surface area contributed by atoms with Gasteiger partial charge in [-0.2, -0.15) is 4.37 Å². The average molecular weight is 362 g/mol. The Morgan fingerprint density at radius 2 is 2.04 bits per heavy atom. The van der Waals surface area contributed by atoms with Gasteiger partial charge in [-0.1, -0.05) is 18.6 Å². The first-order valence-corrected chi connectivity index (χ1v) is 9.10. The lowest BCUT2D eigenvalue weighted by Gasteiger charge is -2.14. The zero-order valence-electron chi connectivity index (χ0n) is 13.9. The van der Waals surface area contributed by atoms with Crippen molar-refractivity contribution in [3.63, 3.8) is 0 Å². The van der Waals surface area contributed by atoms with E-state index >= 15 is 0 Å². The van der Waals surface area contributed by atoms with E-state index in [0.29, 0.717) is 6.04 Å². The number of hydrogen-bond donors (Lipinski definition) is 1. The van der Waals surface area contributed by atoms with Gasteiger partial charge >= 0.3 is 0 Å². The number of aromatic nitrogens is 2. The molecule has 0 bridgehead atoms. The van der Waals surface area contributed by atoms with E-state index in [1.165, 1.54) is 41.3 Å². The summed E-state index contributed by atoms with van der Waals surface area (Å²) in [4.78, 5) is 4.16. The highest BCUT2D eigenvalue weighted by atomic mass is 35.5. The van der Waals surface area contributed by atoms with Crippen LogP contribution in [0.2, 0.25) is 0 Å². The van der Waals surface area contributed by atoms with Crippen LogP contribution in [-0.4, -0.2) is 15.4 Å². The molecule has 0 radical (unpaired) electrons. The molecule has 24 heavy (non-hydrogen) atoms. The number of rotatable bonds is 8. The molecule has 0 unspecified atom stereocenters. The Labute approximate surface area is 154 Å². The predicted octanol–water partition coefficient (Wildman–Crippen LogP) is 5.00. The van der Waals surface area contributed by atoms with Crippen LogP contribution in [0.25, 0.3) is 10.8 Å². The Morgan fingerprint density at radius 1 is 1.12 bits per heavy atom. The minimum atomic E-state index is 0. The standard InChI is InChI=1S/C19H23N3S.ClH/c1-15(4-2-3-5-19-9-11-23-22-19)21-13-16-6-7-18-14-20-10-8-17(18)12-16;/h6-12,14-15,21H,2-5,13H2,1H3;1H/t15-;/m1./s1. The maximum atomic E-state index is 4.36. The Kier molecular flexibility index (Phi) is 7.63. The van der Waals surface area contributed by atoms with Crippen molar-refractivity contribution in [3.05, 3.63) is 59.4 Å². The van der Waals surface area contributed by atoms with E-state index in [9.17, 15) is 0 Å². The lowest BCUT2D eigenvalue weighted by Crippen LogP contribution is -2.25. The highest BCUT2D eigenvalue weighted by Gasteiger charge is 2.03. The van der Waals surface area contributed by atoms with Crippen molar-refractivity contribution in [2.75, 3.05) is 0 Å². The number of unbranched alkanes of at least 4 members (excludes halogenated alkanes) is 1. The average Bonchev–Trinajstić information content (AvgIpc) is 3.10. The first-order chi connectivity index (χ1) is 11.3. The molecule has 2 heterocycles. The largest absolute Gasteiger partial charge is 0.310 e. The van der Waals surface area contributed by atoms with Crippen LogP contribution in [0.3, 0.4) is 0 Å². The molecule has 3 nitrogen and oxygen atoms in total. The number of hydrogen-bond acceptors (Lipinski definition) is 4. The second-order valence-electron chi connectivity index (χ2n) is 6.08. The molecule has 0 saturated carbocycles. The summed E-state index contributed by atoms with van der Waals surface area (Å²) in [6, 6.07) is 11.3. The van der Waals surface area contributed by atoms with Gasteiger partial charge in [0.15, 0.2) is 0 Å². The molecule has 1 N–H and O–H groups in total. The van der Waals surface area contributed by atoms with Crippen molar-refractivity contribution in [1.82, 2.24) is 14.7 Å². The van der Waals surface area contributed by atoms with Crippen LogP contribution in [0, 0.1) is 0 Å². The number of pyridine rings is 1. The van der Waals surface area contributed by atoms with Crippen LogP contribution in [-0.2, 0) is 13.0 Å². The third-order valence-corrected chi connectivity index (χ3v) is 4.77. The lowest BCUT2D eigenvalue weighted by molar-refractivity contribution is 0.488. The molecule has 3 rings (SSSR count). The van der Waals surface area contributed by atoms with Crippen molar-refractivity contribution in [3.8, 4) is 0 Å². The van der Waals surface area contributed by atoms with Gasteiger partial charge < -0.3 is 5.32 Å². The third kappa shape index (κ3) is 5.55. The maximum Gasteiger partial charge on any atom is 0.0542 e. The van der Waals surface area contributed by atoms with Crippen LogP contribution in [0.1, 0.15) is 37.4 Å². The summed E-state index contributed by atoms with van der Waals surface area (Å²) < 4.78 is 4.36. The monoisotopic (exact) mass is 361 g/mol. The summed E-state index contributed by atoms with van der Waals surface area (Å²) in [5.41, 5.74) is 2.57. The molecule has 0 amide bonds. The van der Waals surface area contributed by atoms with Gasteiger partial charge in [0.1, 0.15) is 0 Å². The summed E-state index contributed by atoms with van der Waals surface area (Å²) in [6.45, 7) is 3.19. The van der Waals surface area contributed by atoms with Crippen LogP contribution in [0.4, 0.5) is 0 Å². The van der Waals surface area contributed by atoms with Gasteiger partial charge in [-0.3, -0.25) is 4.98 Å². The fourth-order valence-electron chi connectivity index (χ4n) is 2.76. The van der Waals surface area contributed by atoms with Crippen LogP contribution in [0.15, 0.2) is 48.1 Å². The molecule has 2 aromatic heterocycles. The van der Waals surface area contributed by atoms with Crippen molar-refractivity contribution in [2.45, 2.75) is 45.2 Å². The minimum absolute atomic E-state index is 0. The van der Waals surface area contributed by atoms with Gasteiger partial charge in [-0.25, -0.2) is 0 Å². The number of nitrogens with zero attached hydrogens (tertiary/aromatic N) is 2. The van der Waals surface area contributed by atoms with E-state index < -0.39 is 0 Å². The molecular formula is C19H24ClN3S. The quantitative estimate of drug-likeness (QED) is 0.573. The highest BCUT2D eigenvalue weighted by molar-refractivity contribution is 7.03. The van der Waals surface area contributed by atoms with E-state index in [2.05, 4.69) is 57.3 Å². The van der Waals surface area contributed by atoms with Crippen molar-refractivity contribution < 1.29 is 0 Å². The second-order valence-corrected chi connectivity index (χ2v) is 6.74. The summed E-state index contributed by atoms with van der Waals surface area (Å²) in [5.74, 6) is 0. The van der Waals surface area contributed by atoms with Crippen LogP contribution < -0.4 is 5.32 Å². The predicted molar refractivity (Wildman–Crippen MR) is 105 cm³/mol.